The lowest BCUT2D eigenvalue weighted by atomic mass is 10.1. The van der Waals surface area contributed by atoms with Gasteiger partial charge in [0, 0.05) is 18.1 Å². The predicted octanol–water partition coefficient (Wildman–Crippen LogP) is 4.44. The van der Waals surface area contributed by atoms with Crippen molar-refractivity contribution in [1.82, 2.24) is 9.78 Å². The molecular formula is C25H27ClN4O5. The topological polar surface area (TPSA) is 112 Å². The van der Waals surface area contributed by atoms with Crippen LogP contribution in [0.3, 0.4) is 0 Å². The first-order valence-corrected chi connectivity index (χ1v) is 11.3. The summed E-state index contributed by atoms with van der Waals surface area (Å²) in [5, 5.41) is 10.0. The molecule has 1 aromatic heterocycles. The third-order valence-corrected chi connectivity index (χ3v) is 5.65. The molecule has 10 heteroatoms. The molecule has 1 unspecified atom stereocenters. The lowest BCUT2D eigenvalue weighted by Crippen LogP contribution is -2.35. The largest absolute Gasteiger partial charge is 0.495 e. The third kappa shape index (κ3) is 5.81. The molecule has 0 bridgehead atoms. The van der Waals surface area contributed by atoms with Crippen molar-refractivity contribution in [2.45, 2.75) is 33.2 Å². The lowest BCUT2D eigenvalue weighted by Gasteiger charge is -2.18. The Balaban J connectivity index is 2.03. The fourth-order valence-corrected chi connectivity index (χ4v) is 3.52. The maximum atomic E-state index is 13.2. The molecule has 0 aliphatic carbocycles. The Morgan fingerprint density at radius 1 is 1.03 bits per heavy atom. The molecule has 0 saturated heterocycles. The zero-order valence-electron chi connectivity index (χ0n) is 20.1. The van der Waals surface area contributed by atoms with Crippen molar-refractivity contribution in [2.75, 3.05) is 24.9 Å². The Kier molecular flexibility index (Phi) is 8.14. The standard InChI is InChI=1S/C25H27ClN4O5/c1-6-23(31)27-20-12-18(16-9-7-14(2)8-10-16)29-30(25(20)33)15(3)24(32)28-19-11-17(26)21(34-4)13-22(19)35-5/h7-13,15H,6H2,1-5H3,(H,27,31)(H,28,32). The van der Waals surface area contributed by atoms with Gasteiger partial charge >= 0.3 is 0 Å². The summed E-state index contributed by atoms with van der Waals surface area (Å²) < 4.78 is 11.6. The van der Waals surface area contributed by atoms with Crippen LogP contribution >= 0.6 is 11.6 Å². The van der Waals surface area contributed by atoms with Crippen LogP contribution in [-0.2, 0) is 9.59 Å². The molecule has 3 aromatic rings. The van der Waals surface area contributed by atoms with Gasteiger partial charge in [0.1, 0.15) is 23.2 Å². The molecule has 2 aromatic carbocycles. The number of aryl methyl sites for hydroxylation is 1. The molecule has 0 aliphatic rings. The molecule has 9 nitrogen and oxygen atoms in total. The van der Waals surface area contributed by atoms with E-state index in [4.69, 9.17) is 21.1 Å². The fraction of sp³-hybridized carbons (Fsp3) is 0.280. The van der Waals surface area contributed by atoms with Crippen molar-refractivity contribution in [1.29, 1.82) is 0 Å². The SMILES string of the molecule is CCC(=O)Nc1cc(-c2ccc(C)cc2)nn(C(C)C(=O)Nc2cc(Cl)c(OC)cc2OC)c1=O. The molecule has 0 aliphatic heterocycles. The van der Waals surface area contributed by atoms with Gasteiger partial charge in [0.15, 0.2) is 0 Å². The number of anilines is 2. The Labute approximate surface area is 208 Å². The number of aromatic nitrogens is 2. The molecule has 2 amide bonds. The summed E-state index contributed by atoms with van der Waals surface area (Å²) in [5.41, 5.74) is 1.95. The van der Waals surface area contributed by atoms with Gasteiger partial charge in [0.2, 0.25) is 11.8 Å². The highest BCUT2D eigenvalue weighted by molar-refractivity contribution is 6.32. The minimum absolute atomic E-state index is 0.0344. The van der Waals surface area contributed by atoms with Crippen LogP contribution in [0.15, 0.2) is 47.3 Å². The Morgan fingerprint density at radius 3 is 2.29 bits per heavy atom. The molecule has 1 heterocycles. The third-order valence-electron chi connectivity index (χ3n) is 5.36. The van der Waals surface area contributed by atoms with Gasteiger partial charge in [0.05, 0.1) is 30.6 Å². The van der Waals surface area contributed by atoms with Gasteiger partial charge in [-0.2, -0.15) is 5.10 Å². The van der Waals surface area contributed by atoms with Crippen LogP contribution in [0.5, 0.6) is 11.5 Å². The summed E-state index contributed by atoms with van der Waals surface area (Å²) in [4.78, 5) is 38.4. The van der Waals surface area contributed by atoms with Gasteiger partial charge in [-0.1, -0.05) is 48.4 Å². The van der Waals surface area contributed by atoms with E-state index in [0.717, 1.165) is 15.8 Å². The zero-order chi connectivity index (χ0) is 25.7. The second-order valence-corrected chi connectivity index (χ2v) is 8.22. The van der Waals surface area contributed by atoms with Gasteiger partial charge in [-0.15, -0.1) is 0 Å². The van der Waals surface area contributed by atoms with E-state index in [9.17, 15) is 14.4 Å². The van der Waals surface area contributed by atoms with E-state index in [2.05, 4.69) is 15.7 Å². The van der Waals surface area contributed by atoms with Gasteiger partial charge < -0.3 is 20.1 Å². The molecule has 0 fully saturated rings. The predicted molar refractivity (Wildman–Crippen MR) is 135 cm³/mol. The number of benzene rings is 2. The van der Waals surface area contributed by atoms with E-state index in [1.807, 2.05) is 31.2 Å². The second-order valence-electron chi connectivity index (χ2n) is 7.81. The Bertz CT molecular complexity index is 1300. The highest BCUT2D eigenvalue weighted by atomic mass is 35.5. The average Bonchev–Trinajstić information content (AvgIpc) is 2.85. The molecule has 3 rings (SSSR count). The number of rotatable bonds is 8. The van der Waals surface area contributed by atoms with Crippen molar-refractivity contribution in [3.8, 4) is 22.8 Å². The maximum Gasteiger partial charge on any atom is 0.291 e. The van der Waals surface area contributed by atoms with Crippen LogP contribution in [0.2, 0.25) is 5.02 Å². The van der Waals surface area contributed by atoms with E-state index in [0.29, 0.717) is 22.9 Å². The number of hydrogen-bond acceptors (Lipinski definition) is 6. The van der Waals surface area contributed by atoms with Crippen molar-refractivity contribution in [3.05, 3.63) is 63.4 Å². The number of carbonyl (C=O) groups excluding carboxylic acids is 2. The number of nitrogens with zero attached hydrogens (tertiary/aromatic N) is 2. The van der Waals surface area contributed by atoms with E-state index >= 15 is 0 Å². The molecule has 0 spiro atoms. The fourth-order valence-electron chi connectivity index (χ4n) is 3.27. The van der Waals surface area contributed by atoms with Crippen LogP contribution < -0.4 is 25.7 Å². The number of methoxy groups -OCH3 is 2. The number of amides is 2. The minimum Gasteiger partial charge on any atom is -0.495 e. The molecule has 0 saturated carbocycles. The molecule has 0 radical (unpaired) electrons. The van der Waals surface area contributed by atoms with E-state index in [1.165, 1.54) is 33.3 Å². The van der Waals surface area contributed by atoms with Gasteiger partial charge in [-0.3, -0.25) is 14.4 Å². The van der Waals surface area contributed by atoms with Crippen LogP contribution in [-0.4, -0.2) is 35.8 Å². The summed E-state index contributed by atoms with van der Waals surface area (Å²) >= 11 is 6.21. The number of carbonyl (C=O) groups is 2. The van der Waals surface area contributed by atoms with Crippen molar-refractivity contribution in [2.24, 2.45) is 0 Å². The summed E-state index contributed by atoms with van der Waals surface area (Å²) in [7, 11) is 2.91. The van der Waals surface area contributed by atoms with Crippen LogP contribution in [0.4, 0.5) is 11.4 Å². The first kappa shape index (κ1) is 25.8. The average molecular weight is 499 g/mol. The molecule has 2 N–H and O–H groups in total. The van der Waals surface area contributed by atoms with Crippen molar-refractivity contribution < 1.29 is 19.1 Å². The van der Waals surface area contributed by atoms with Crippen LogP contribution in [0, 0.1) is 6.92 Å². The monoisotopic (exact) mass is 498 g/mol. The molecule has 35 heavy (non-hydrogen) atoms. The van der Waals surface area contributed by atoms with E-state index in [-0.39, 0.29) is 23.0 Å². The summed E-state index contributed by atoms with van der Waals surface area (Å²) in [6.07, 6.45) is 0.190. The van der Waals surface area contributed by atoms with Gasteiger partial charge in [-0.05, 0) is 26.0 Å². The van der Waals surface area contributed by atoms with E-state index < -0.39 is 17.5 Å². The second kappa shape index (κ2) is 11.1. The summed E-state index contributed by atoms with van der Waals surface area (Å²) in [6, 6.07) is 11.0. The number of nitrogens with one attached hydrogen (secondary N) is 2. The number of halogens is 1. The Morgan fingerprint density at radius 2 is 1.69 bits per heavy atom. The molecular weight excluding hydrogens is 472 g/mol. The normalized spacial score (nSPS) is 11.5. The molecule has 1 atom stereocenters. The Hall–Kier alpha value is -3.85. The van der Waals surface area contributed by atoms with Gasteiger partial charge in [-0.25, -0.2) is 4.68 Å². The maximum absolute atomic E-state index is 13.2. The minimum atomic E-state index is -1.03. The van der Waals surface area contributed by atoms with Crippen molar-refractivity contribution in [3.63, 3.8) is 0 Å². The number of ether oxygens (including phenoxy) is 2. The van der Waals surface area contributed by atoms with Gasteiger partial charge in [0.25, 0.3) is 5.56 Å². The van der Waals surface area contributed by atoms with E-state index in [1.54, 1.807) is 13.0 Å². The van der Waals surface area contributed by atoms with Crippen LogP contribution in [0.1, 0.15) is 31.9 Å². The highest BCUT2D eigenvalue weighted by Crippen LogP contribution is 2.36. The molecule has 184 valence electrons. The first-order valence-electron chi connectivity index (χ1n) is 10.9. The van der Waals surface area contributed by atoms with Crippen LogP contribution in [0.25, 0.3) is 11.3 Å². The first-order chi connectivity index (χ1) is 16.7. The zero-order valence-corrected chi connectivity index (χ0v) is 20.9. The highest BCUT2D eigenvalue weighted by Gasteiger charge is 2.23. The summed E-state index contributed by atoms with van der Waals surface area (Å²) in [6.45, 7) is 5.17. The van der Waals surface area contributed by atoms with Crippen molar-refractivity contribution >= 4 is 34.8 Å². The lowest BCUT2D eigenvalue weighted by molar-refractivity contribution is -0.119. The smallest absolute Gasteiger partial charge is 0.291 e. The number of hydrogen-bond donors (Lipinski definition) is 2. The quantitative estimate of drug-likeness (QED) is 0.475. The summed E-state index contributed by atoms with van der Waals surface area (Å²) in [5.74, 6) is -0.150.